The topological polar surface area (TPSA) is 19.6 Å². The number of fused-ring (bicyclic) bond motifs is 21. The summed E-state index contributed by atoms with van der Waals surface area (Å²) in [5.41, 5.74) is 27.1. The quantitative estimate of drug-likeness (QED) is 0.171. The Morgan fingerprint density at radius 3 is 1.57 bits per heavy atom. The van der Waals surface area contributed by atoms with Crippen LogP contribution in [0.15, 0.2) is 283 Å². The third-order valence-electron chi connectivity index (χ3n) is 16.4. The van der Waals surface area contributed by atoms with Crippen molar-refractivity contribution in [2.75, 3.05) is 9.80 Å². The lowest BCUT2D eigenvalue weighted by atomic mass is 9.66. The molecule has 3 aliphatic rings. The van der Waals surface area contributed by atoms with Crippen LogP contribution in [0.4, 0.5) is 34.1 Å². The summed E-state index contributed by atoms with van der Waals surface area (Å²) in [5.74, 6) is 0. The second-order valence-electron chi connectivity index (χ2n) is 20.2. The molecular weight excluding hydrogens is 921 g/mol. The van der Waals surface area contributed by atoms with E-state index in [1.165, 1.54) is 77.9 Å². The average molecular weight is 967 g/mol. The van der Waals surface area contributed by atoms with Crippen molar-refractivity contribution in [2.45, 2.75) is 5.41 Å². The number of anilines is 6. The van der Waals surface area contributed by atoms with Gasteiger partial charge in [0.25, 0.3) is 0 Å². The van der Waals surface area contributed by atoms with Crippen molar-refractivity contribution in [2.24, 2.45) is 0 Å². The van der Waals surface area contributed by atoms with E-state index in [0.29, 0.717) is 0 Å². The minimum atomic E-state index is -0.680. The van der Waals surface area contributed by atoms with Gasteiger partial charge in [0, 0.05) is 44.5 Å². The van der Waals surface area contributed by atoms with Crippen molar-refractivity contribution < 1.29 is 4.42 Å². The molecule has 0 radical (unpaired) electrons. The second kappa shape index (κ2) is 16.5. The number of benzene rings is 12. The van der Waals surface area contributed by atoms with Gasteiger partial charge < -0.3 is 14.2 Å². The molecule has 12 aromatic carbocycles. The van der Waals surface area contributed by atoms with Gasteiger partial charge in [-0.2, -0.15) is 0 Å². The number of furan rings is 1. The van der Waals surface area contributed by atoms with Crippen LogP contribution in [0.25, 0.3) is 88.7 Å². The van der Waals surface area contributed by atoms with Gasteiger partial charge in [-0.05, 0) is 139 Å². The van der Waals surface area contributed by atoms with E-state index in [9.17, 15) is 0 Å². The van der Waals surface area contributed by atoms with Crippen molar-refractivity contribution in [3.63, 3.8) is 0 Å². The zero-order chi connectivity index (χ0) is 49.9. The highest BCUT2D eigenvalue weighted by Gasteiger charge is 2.50. The van der Waals surface area contributed by atoms with Crippen molar-refractivity contribution in [1.29, 1.82) is 0 Å². The molecule has 1 aliphatic heterocycles. The molecule has 354 valence electrons. The van der Waals surface area contributed by atoms with Crippen molar-refractivity contribution in [3.05, 3.63) is 301 Å². The molecule has 13 aromatic rings. The summed E-state index contributed by atoms with van der Waals surface area (Å²) in [4.78, 5) is 4.92. The number of para-hydroxylation sites is 5. The first-order chi connectivity index (χ1) is 37.7. The van der Waals surface area contributed by atoms with Crippen LogP contribution in [0.5, 0.6) is 0 Å². The molecule has 0 saturated carbocycles. The summed E-state index contributed by atoms with van der Waals surface area (Å²) in [6, 6.07) is 103. The number of rotatable bonds is 5. The molecule has 2 heterocycles. The molecule has 0 fully saturated rings. The Balaban J connectivity index is 0.992. The molecule has 0 amide bonds. The van der Waals surface area contributed by atoms with Gasteiger partial charge in [0.05, 0.1) is 22.5 Å². The van der Waals surface area contributed by atoms with E-state index in [4.69, 9.17) is 4.42 Å². The molecule has 3 nitrogen and oxygen atoms in total. The summed E-state index contributed by atoms with van der Waals surface area (Å²) >= 11 is 0. The Morgan fingerprint density at radius 2 is 0.816 bits per heavy atom. The smallest absolute Gasteiger partial charge is 0.136 e. The zero-order valence-corrected chi connectivity index (χ0v) is 41.4. The van der Waals surface area contributed by atoms with Gasteiger partial charge in [0.2, 0.25) is 0 Å². The first-order valence-corrected chi connectivity index (χ1v) is 26.2. The van der Waals surface area contributed by atoms with E-state index < -0.39 is 5.41 Å². The summed E-state index contributed by atoms with van der Waals surface area (Å²) in [6.45, 7) is 0. The molecule has 2 aliphatic carbocycles. The average Bonchev–Trinajstić information content (AvgIpc) is 4.15. The summed E-state index contributed by atoms with van der Waals surface area (Å²) < 4.78 is 6.65. The molecule has 76 heavy (non-hydrogen) atoms. The number of hydrogen-bond donors (Lipinski definition) is 0. The summed E-state index contributed by atoms with van der Waals surface area (Å²) in [6.07, 6.45) is 0. The van der Waals surface area contributed by atoms with Crippen LogP contribution in [-0.2, 0) is 5.41 Å². The Kier molecular flexibility index (Phi) is 9.25. The molecule has 1 aromatic heterocycles. The molecule has 0 saturated heterocycles. The maximum absolute atomic E-state index is 6.65. The van der Waals surface area contributed by atoms with Crippen LogP contribution in [0.2, 0.25) is 0 Å². The van der Waals surface area contributed by atoms with Gasteiger partial charge in [-0.1, -0.05) is 212 Å². The van der Waals surface area contributed by atoms with E-state index >= 15 is 0 Å². The van der Waals surface area contributed by atoms with E-state index in [-0.39, 0.29) is 0 Å². The molecule has 1 unspecified atom stereocenters. The summed E-state index contributed by atoms with van der Waals surface area (Å²) in [7, 11) is 0. The predicted octanol–water partition coefficient (Wildman–Crippen LogP) is 19.9. The summed E-state index contributed by atoms with van der Waals surface area (Å²) in [5, 5.41) is 2.30. The van der Waals surface area contributed by atoms with Crippen LogP contribution in [0.3, 0.4) is 0 Å². The molecule has 3 heteroatoms. The predicted molar refractivity (Wildman–Crippen MR) is 315 cm³/mol. The normalized spacial score (nSPS) is 14.3. The molecule has 0 N–H and O–H groups in total. The highest BCUT2D eigenvalue weighted by atomic mass is 16.3. The fraction of sp³-hybridized carbons (Fsp3) is 0.0137. The van der Waals surface area contributed by atoms with E-state index in [2.05, 4.69) is 289 Å². The highest BCUT2D eigenvalue weighted by molar-refractivity contribution is 6.16. The number of hydrogen-bond acceptors (Lipinski definition) is 3. The standard InChI is InChI=1S/C73H46N2O/c1-3-21-47(22-4-1)51-25-11-17-35-66(51)74(49-39-41-54-56-29-12-18-36-67(56)75(48-23-5-2-6-24-48)68-37-19-13-30-57(68)60(54)45-49)50-40-42-64-61(46-50)53-27-8-7-26-52(53)55-28-9-15-33-62(55)73(64)63-34-16-10-31-58(63)71-65(73)43-44-70-72(71)59-32-14-20-38-69(59)76-70/h1-46H. The maximum atomic E-state index is 6.65. The van der Waals surface area contributed by atoms with Gasteiger partial charge in [0.1, 0.15) is 11.2 Å². The highest BCUT2D eigenvalue weighted by Crippen LogP contribution is 2.64. The lowest BCUT2D eigenvalue weighted by molar-refractivity contribution is 0.668. The minimum absolute atomic E-state index is 0.680. The van der Waals surface area contributed by atoms with Gasteiger partial charge in [0.15, 0.2) is 0 Å². The third-order valence-corrected chi connectivity index (χ3v) is 16.4. The molecule has 1 spiro atoms. The van der Waals surface area contributed by atoms with Crippen LogP contribution >= 0.6 is 0 Å². The lowest BCUT2D eigenvalue weighted by Crippen LogP contribution is -2.29. The van der Waals surface area contributed by atoms with Crippen LogP contribution in [0.1, 0.15) is 22.3 Å². The lowest BCUT2D eigenvalue weighted by Gasteiger charge is -2.36. The van der Waals surface area contributed by atoms with Gasteiger partial charge in [-0.15, -0.1) is 0 Å². The molecular formula is C73H46N2O. The third kappa shape index (κ3) is 5.99. The molecule has 16 rings (SSSR count). The Hall–Kier alpha value is -9.96. The van der Waals surface area contributed by atoms with Gasteiger partial charge in [-0.3, -0.25) is 0 Å². The van der Waals surface area contributed by atoms with Crippen molar-refractivity contribution in [3.8, 4) is 66.8 Å². The van der Waals surface area contributed by atoms with Gasteiger partial charge in [-0.25, -0.2) is 0 Å². The monoisotopic (exact) mass is 966 g/mol. The van der Waals surface area contributed by atoms with Crippen LogP contribution in [0, 0.1) is 0 Å². The molecule has 1 atom stereocenters. The fourth-order valence-electron chi connectivity index (χ4n) is 13.4. The van der Waals surface area contributed by atoms with Crippen molar-refractivity contribution in [1.82, 2.24) is 0 Å². The van der Waals surface area contributed by atoms with E-state index in [1.807, 2.05) is 0 Å². The first kappa shape index (κ1) is 42.5. The Morgan fingerprint density at radius 1 is 0.316 bits per heavy atom. The van der Waals surface area contributed by atoms with Gasteiger partial charge >= 0.3 is 0 Å². The Labute approximate surface area is 441 Å². The maximum Gasteiger partial charge on any atom is 0.136 e. The van der Waals surface area contributed by atoms with Crippen molar-refractivity contribution >= 4 is 56.1 Å². The van der Waals surface area contributed by atoms with E-state index in [0.717, 1.165) is 67.2 Å². The minimum Gasteiger partial charge on any atom is -0.456 e. The van der Waals surface area contributed by atoms with Crippen LogP contribution in [-0.4, -0.2) is 0 Å². The SMILES string of the molecule is c1ccc(-c2ccccc2N(c2ccc3c(c2)-c2ccccc2N(c2ccccc2)c2ccccc2-3)c2ccc3c(c2)-c2ccccc2-c2ccccc2C32c3ccccc3-c3c2ccc2oc4ccccc4c32)cc1. The largest absolute Gasteiger partial charge is 0.456 e. The second-order valence-corrected chi connectivity index (χ2v) is 20.2. The Bertz CT molecular complexity index is 4490. The molecule has 0 bridgehead atoms. The van der Waals surface area contributed by atoms with Crippen LogP contribution < -0.4 is 9.80 Å². The van der Waals surface area contributed by atoms with E-state index in [1.54, 1.807) is 0 Å². The fourth-order valence-corrected chi connectivity index (χ4v) is 13.4. The number of nitrogens with zero attached hydrogens (tertiary/aromatic N) is 2. The first-order valence-electron chi connectivity index (χ1n) is 26.2. The zero-order valence-electron chi connectivity index (χ0n) is 41.4.